The lowest BCUT2D eigenvalue weighted by atomic mass is 9.48. The molecular formula is C22H32O7Si. The molecule has 0 N–H and O–H groups in total. The summed E-state index contributed by atoms with van der Waals surface area (Å²) >= 11 is 0. The molecule has 2 fully saturated rings. The highest BCUT2D eigenvalue weighted by Gasteiger charge is 2.72. The van der Waals surface area contributed by atoms with Crippen LogP contribution in [-0.4, -0.2) is 51.1 Å². The number of rotatable bonds is 7. The lowest BCUT2D eigenvalue weighted by molar-refractivity contribution is -0.172. The summed E-state index contributed by atoms with van der Waals surface area (Å²) in [6, 6.07) is 2.47. The van der Waals surface area contributed by atoms with Crippen LogP contribution in [0.5, 0.6) is 0 Å². The highest BCUT2D eigenvalue weighted by molar-refractivity contribution is 6.73. The molecule has 2 aliphatic carbocycles. The monoisotopic (exact) mass is 436 g/mol. The molecule has 3 rings (SSSR count). The number of carbonyl (C=O) groups is 4. The Labute approximate surface area is 178 Å². The molecule has 0 amide bonds. The molecule has 0 radical (unpaired) electrons. The molecule has 7 nitrogen and oxygen atoms in total. The van der Waals surface area contributed by atoms with E-state index in [1.54, 1.807) is 19.9 Å². The van der Waals surface area contributed by atoms with E-state index in [9.17, 15) is 19.2 Å². The molecule has 1 heterocycles. The standard InChI is InChI=1S/C22H32O7Si/c1-7-30(8-2,9-3)29-17-16(25)13(12-15(24)27-6)22(5)14(23)10-11-21(4)19(22)18(17)28-20(21)26/h10-11,13,17-19H,7-9,12H2,1-6H3/t13-,17?,18-,19-,21+,22-/m0/s1. The van der Waals surface area contributed by atoms with E-state index in [-0.39, 0.29) is 18.0 Å². The predicted molar refractivity (Wildman–Crippen MR) is 111 cm³/mol. The summed E-state index contributed by atoms with van der Waals surface area (Å²) in [6.07, 6.45) is 0.935. The maximum Gasteiger partial charge on any atom is 0.316 e. The zero-order chi connectivity index (χ0) is 22.5. The van der Waals surface area contributed by atoms with Crippen LogP contribution in [0.25, 0.3) is 0 Å². The van der Waals surface area contributed by atoms with Crippen LogP contribution >= 0.6 is 0 Å². The quantitative estimate of drug-likeness (QED) is 0.447. The molecule has 0 spiro atoms. The van der Waals surface area contributed by atoms with Gasteiger partial charge in [0.05, 0.1) is 18.9 Å². The van der Waals surface area contributed by atoms with Crippen LogP contribution in [0.3, 0.4) is 0 Å². The van der Waals surface area contributed by atoms with E-state index in [0.29, 0.717) is 0 Å². The minimum atomic E-state index is -2.24. The van der Waals surface area contributed by atoms with Crippen molar-refractivity contribution in [2.45, 2.75) is 71.4 Å². The van der Waals surface area contributed by atoms with Gasteiger partial charge in [0.25, 0.3) is 0 Å². The van der Waals surface area contributed by atoms with Gasteiger partial charge < -0.3 is 13.9 Å². The van der Waals surface area contributed by atoms with Crippen LogP contribution in [0.1, 0.15) is 41.0 Å². The molecule has 8 heteroatoms. The third-order valence-electron chi connectivity index (χ3n) is 7.97. The molecule has 30 heavy (non-hydrogen) atoms. The van der Waals surface area contributed by atoms with E-state index >= 15 is 0 Å². The highest BCUT2D eigenvalue weighted by Crippen LogP contribution is 2.61. The Bertz CT molecular complexity index is 793. The Hall–Kier alpha value is -1.80. The van der Waals surface area contributed by atoms with Crippen molar-refractivity contribution < 1.29 is 33.1 Å². The molecule has 1 aliphatic heterocycles. The SMILES string of the molecule is CC[Si](CC)(CC)OC1C(=O)[C@H](CC(=O)OC)[C@@]2(C)C(=O)C=C[C@@]3(C)C(=O)O[C@@H]1[C@H]23. The van der Waals surface area contributed by atoms with Gasteiger partial charge in [-0.1, -0.05) is 33.8 Å². The van der Waals surface area contributed by atoms with Crippen LogP contribution in [-0.2, 0) is 33.1 Å². The summed E-state index contributed by atoms with van der Waals surface area (Å²) in [4.78, 5) is 51.9. The van der Waals surface area contributed by atoms with E-state index in [1.165, 1.54) is 13.2 Å². The van der Waals surface area contributed by atoms with E-state index in [4.69, 9.17) is 13.9 Å². The molecule has 0 aromatic carbocycles. The van der Waals surface area contributed by atoms with Gasteiger partial charge >= 0.3 is 11.9 Å². The maximum absolute atomic E-state index is 13.7. The lowest BCUT2D eigenvalue weighted by Crippen LogP contribution is -2.65. The first-order valence-corrected chi connectivity index (χ1v) is 13.3. The van der Waals surface area contributed by atoms with Crippen molar-refractivity contribution in [2.24, 2.45) is 22.7 Å². The highest BCUT2D eigenvalue weighted by atomic mass is 28.4. The number of carbonyl (C=O) groups excluding carboxylic acids is 4. The van der Waals surface area contributed by atoms with Crippen molar-refractivity contribution >= 4 is 31.8 Å². The van der Waals surface area contributed by atoms with Gasteiger partial charge in [0.2, 0.25) is 0 Å². The van der Waals surface area contributed by atoms with Crippen molar-refractivity contribution in [3.05, 3.63) is 12.2 Å². The minimum absolute atomic E-state index is 0.225. The Morgan fingerprint density at radius 2 is 1.73 bits per heavy atom. The fourth-order valence-electron chi connectivity index (χ4n) is 5.74. The number of esters is 2. The van der Waals surface area contributed by atoms with E-state index < -0.39 is 55.1 Å². The largest absolute Gasteiger partial charge is 0.469 e. The van der Waals surface area contributed by atoms with Crippen LogP contribution in [0.4, 0.5) is 0 Å². The maximum atomic E-state index is 13.7. The van der Waals surface area contributed by atoms with Crippen molar-refractivity contribution in [2.75, 3.05) is 7.11 Å². The summed E-state index contributed by atoms with van der Waals surface area (Å²) in [5.41, 5.74) is -2.28. The normalized spacial score (nSPS) is 37.7. The van der Waals surface area contributed by atoms with Gasteiger partial charge in [-0.3, -0.25) is 19.2 Å². The third-order valence-corrected chi connectivity index (χ3v) is 12.6. The molecule has 1 saturated heterocycles. The summed E-state index contributed by atoms with van der Waals surface area (Å²) in [5.74, 6) is -3.13. The van der Waals surface area contributed by atoms with Gasteiger partial charge in [-0.05, 0) is 31.1 Å². The number of hydrogen-bond acceptors (Lipinski definition) is 7. The second-order valence-corrected chi connectivity index (χ2v) is 13.9. The molecule has 1 unspecified atom stereocenters. The first-order chi connectivity index (χ1) is 14.0. The second-order valence-electron chi connectivity index (χ2n) is 9.13. The van der Waals surface area contributed by atoms with Crippen molar-refractivity contribution in [3.8, 4) is 0 Å². The van der Waals surface area contributed by atoms with Crippen LogP contribution < -0.4 is 0 Å². The average Bonchev–Trinajstić information content (AvgIpc) is 3.01. The zero-order valence-electron chi connectivity index (χ0n) is 18.7. The molecule has 6 atom stereocenters. The number of methoxy groups -OCH3 is 1. The molecule has 0 aromatic heterocycles. The Morgan fingerprint density at radius 1 is 1.13 bits per heavy atom. The molecule has 166 valence electrons. The third kappa shape index (κ3) is 3.02. The van der Waals surface area contributed by atoms with Crippen molar-refractivity contribution in [3.63, 3.8) is 0 Å². The number of hydrogen-bond donors (Lipinski definition) is 0. The Morgan fingerprint density at radius 3 is 2.27 bits per heavy atom. The minimum Gasteiger partial charge on any atom is -0.469 e. The first-order valence-electron chi connectivity index (χ1n) is 10.8. The number of ketones is 2. The van der Waals surface area contributed by atoms with Gasteiger partial charge in [0, 0.05) is 17.3 Å². The van der Waals surface area contributed by atoms with Gasteiger partial charge in [-0.15, -0.1) is 0 Å². The molecule has 0 aromatic rings. The topological polar surface area (TPSA) is 96.0 Å². The fraction of sp³-hybridized carbons (Fsp3) is 0.727. The van der Waals surface area contributed by atoms with E-state index in [0.717, 1.165) is 18.1 Å². The van der Waals surface area contributed by atoms with E-state index in [2.05, 4.69) is 20.8 Å². The molecule has 1 saturated carbocycles. The van der Waals surface area contributed by atoms with Crippen LogP contribution in [0.2, 0.25) is 18.1 Å². The van der Waals surface area contributed by atoms with Gasteiger partial charge in [-0.25, -0.2) is 0 Å². The van der Waals surface area contributed by atoms with Gasteiger partial charge in [-0.2, -0.15) is 0 Å². The number of allylic oxidation sites excluding steroid dienone is 1. The van der Waals surface area contributed by atoms with Crippen LogP contribution in [0.15, 0.2) is 12.2 Å². The number of ether oxygens (including phenoxy) is 2. The van der Waals surface area contributed by atoms with Crippen molar-refractivity contribution in [1.82, 2.24) is 0 Å². The Balaban J connectivity index is 2.15. The lowest BCUT2D eigenvalue weighted by Gasteiger charge is -2.53. The van der Waals surface area contributed by atoms with Gasteiger partial charge in [0.15, 0.2) is 19.9 Å². The Kier molecular flexibility index (Phi) is 5.88. The molecule has 3 aliphatic rings. The van der Waals surface area contributed by atoms with Crippen LogP contribution in [0, 0.1) is 22.7 Å². The first kappa shape index (κ1) is 22.9. The summed E-state index contributed by atoms with van der Waals surface area (Å²) in [6.45, 7) is 9.59. The summed E-state index contributed by atoms with van der Waals surface area (Å²) < 4.78 is 17.1. The fourth-order valence-corrected chi connectivity index (χ4v) is 8.53. The molecule has 0 bridgehead atoms. The van der Waals surface area contributed by atoms with Gasteiger partial charge in [0.1, 0.15) is 12.2 Å². The summed E-state index contributed by atoms with van der Waals surface area (Å²) in [5, 5.41) is 0. The van der Waals surface area contributed by atoms with E-state index in [1.807, 2.05) is 0 Å². The summed E-state index contributed by atoms with van der Waals surface area (Å²) in [7, 11) is -0.983. The number of Topliss-reactive ketones (excluding diaryl/α,β-unsaturated/α-hetero) is 1. The second kappa shape index (κ2) is 7.71. The predicted octanol–water partition coefficient (Wildman–Crippen LogP) is 2.83. The van der Waals surface area contributed by atoms with Crippen molar-refractivity contribution in [1.29, 1.82) is 0 Å². The average molecular weight is 437 g/mol. The smallest absolute Gasteiger partial charge is 0.316 e. The zero-order valence-corrected chi connectivity index (χ0v) is 19.7. The molecular weight excluding hydrogens is 404 g/mol.